The summed E-state index contributed by atoms with van der Waals surface area (Å²) in [4.78, 5) is 16.6. The monoisotopic (exact) mass is 350 g/mol. The molecule has 2 atom stereocenters. The number of likely N-dealkylation sites (N-methyl/N-ethyl adjacent to an activating group) is 2. The van der Waals surface area contributed by atoms with E-state index in [9.17, 15) is 4.79 Å². The van der Waals surface area contributed by atoms with Crippen molar-refractivity contribution in [3.05, 3.63) is 33.8 Å². The SMILES string of the molecule is CN(C)[C@@H]1CCC[C@H]1N(C)C(=O)c1ccc(Cl)c(Cl)c1.Cl. The average Bonchev–Trinajstić information content (AvgIpc) is 2.89. The molecule has 118 valence electrons. The van der Waals surface area contributed by atoms with Gasteiger partial charge >= 0.3 is 0 Å². The van der Waals surface area contributed by atoms with Crippen LogP contribution in [0.5, 0.6) is 0 Å². The molecule has 6 heteroatoms. The summed E-state index contributed by atoms with van der Waals surface area (Å²) in [5.74, 6) is 0.00215. The van der Waals surface area contributed by atoms with Crippen LogP contribution >= 0.6 is 35.6 Å². The van der Waals surface area contributed by atoms with Crippen LogP contribution in [0.4, 0.5) is 0 Å². The highest BCUT2D eigenvalue weighted by Gasteiger charge is 2.34. The van der Waals surface area contributed by atoms with Gasteiger partial charge in [-0.1, -0.05) is 23.2 Å². The number of rotatable bonds is 3. The molecule has 1 fully saturated rings. The second-order valence-electron chi connectivity index (χ2n) is 5.57. The van der Waals surface area contributed by atoms with Gasteiger partial charge in [0.25, 0.3) is 5.91 Å². The standard InChI is InChI=1S/C15H20Cl2N2O.ClH/c1-18(2)13-5-4-6-14(13)19(3)15(20)10-7-8-11(16)12(17)9-10;/h7-9,13-14H,4-6H2,1-3H3;1H/t13-,14-;/m1./s1. The molecule has 0 heterocycles. The maximum absolute atomic E-state index is 12.6. The van der Waals surface area contributed by atoms with Crippen LogP contribution in [0.25, 0.3) is 0 Å². The third-order valence-electron chi connectivity index (χ3n) is 4.09. The Kier molecular flexibility index (Phi) is 6.79. The van der Waals surface area contributed by atoms with Crippen molar-refractivity contribution in [3.8, 4) is 0 Å². The van der Waals surface area contributed by atoms with Crippen molar-refractivity contribution in [2.45, 2.75) is 31.3 Å². The molecule has 1 aromatic rings. The van der Waals surface area contributed by atoms with Crippen molar-refractivity contribution in [2.24, 2.45) is 0 Å². The minimum absolute atomic E-state index is 0. The van der Waals surface area contributed by atoms with Crippen LogP contribution in [0.1, 0.15) is 29.6 Å². The number of amides is 1. The molecule has 0 radical (unpaired) electrons. The molecule has 0 aliphatic heterocycles. The van der Waals surface area contributed by atoms with E-state index in [1.165, 1.54) is 0 Å². The largest absolute Gasteiger partial charge is 0.337 e. The summed E-state index contributed by atoms with van der Waals surface area (Å²) in [7, 11) is 6.01. The van der Waals surface area contributed by atoms with Gasteiger partial charge in [0.15, 0.2) is 0 Å². The van der Waals surface area contributed by atoms with E-state index in [4.69, 9.17) is 23.2 Å². The van der Waals surface area contributed by atoms with E-state index < -0.39 is 0 Å². The molecule has 1 aliphatic carbocycles. The van der Waals surface area contributed by atoms with Crippen LogP contribution in [-0.4, -0.2) is 48.9 Å². The highest BCUT2D eigenvalue weighted by Crippen LogP contribution is 2.28. The van der Waals surface area contributed by atoms with Crippen molar-refractivity contribution in [2.75, 3.05) is 21.1 Å². The van der Waals surface area contributed by atoms with E-state index in [1.54, 1.807) is 18.2 Å². The van der Waals surface area contributed by atoms with Crippen molar-refractivity contribution in [3.63, 3.8) is 0 Å². The number of hydrogen-bond acceptors (Lipinski definition) is 2. The Hall–Kier alpha value is -0.480. The highest BCUT2D eigenvalue weighted by atomic mass is 35.5. The van der Waals surface area contributed by atoms with Crippen LogP contribution in [0, 0.1) is 0 Å². The fourth-order valence-corrected chi connectivity index (χ4v) is 3.26. The molecule has 0 bridgehead atoms. The van der Waals surface area contributed by atoms with Crippen LogP contribution < -0.4 is 0 Å². The van der Waals surface area contributed by atoms with E-state index in [-0.39, 0.29) is 24.4 Å². The number of carbonyl (C=O) groups excluding carboxylic acids is 1. The summed E-state index contributed by atoms with van der Waals surface area (Å²) in [5, 5.41) is 0.888. The van der Waals surface area contributed by atoms with Crippen molar-refractivity contribution in [1.82, 2.24) is 9.80 Å². The molecule has 21 heavy (non-hydrogen) atoms. The number of nitrogens with zero attached hydrogens (tertiary/aromatic N) is 2. The lowest BCUT2D eigenvalue weighted by molar-refractivity contribution is 0.0667. The molecule has 0 saturated heterocycles. The Morgan fingerprint density at radius 2 is 1.71 bits per heavy atom. The lowest BCUT2D eigenvalue weighted by Gasteiger charge is -2.33. The fourth-order valence-electron chi connectivity index (χ4n) is 2.96. The zero-order valence-corrected chi connectivity index (χ0v) is 14.8. The summed E-state index contributed by atoms with van der Waals surface area (Å²) >= 11 is 11.9. The van der Waals surface area contributed by atoms with Gasteiger partial charge in [0.05, 0.1) is 10.0 Å². The second-order valence-corrected chi connectivity index (χ2v) is 6.39. The normalized spacial score (nSPS) is 21.2. The van der Waals surface area contributed by atoms with Crippen LogP contribution in [0.2, 0.25) is 10.0 Å². The maximum Gasteiger partial charge on any atom is 0.253 e. The smallest absolute Gasteiger partial charge is 0.253 e. The third kappa shape index (κ3) is 4.04. The van der Waals surface area contributed by atoms with E-state index >= 15 is 0 Å². The first-order valence-corrected chi connectivity index (χ1v) is 7.56. The molecular weight excluding hydrogens is 331 g/mol. The summed E-state index contributed by atoms with van der Waals surface area (Å²) in [6, 6.07) is 5.72. The molecule has 0 unspecified atom stereocenters. The van der Waals surface area contributed by atoms with Gasteiger partial charge in [-0.3, -0.25) is 4.79 Å². The third-order valence-corrected chi connectivity index (χ3v) is 4.83. The maximum atomic E-state index is 12.6. The molecule has 1 saturated carbocycles. The molecule has 3 nitrogen and oxygen atoms in total. The average molecular weight is 352 g/mol. The first kappa shape index (κ1) is 18.6. The minimum atomic E-state index is 0. The lowest BCUT2D eigenvalue weighted by Crippen LogP contribution is -2.47. The molecule has 1 aromatic carbocycles. The van der Waals surface area contributed by atoms with Crippen LogP contribution in [0.15, 0.2) is 18.2 Å². The molecule has 0 aromatic heterocycles. The Morgan fingerprint density at radius 1 is 1.10 bits per heavy atom. The van der Waals surface area contributed by atoms with Crippen molar-refractivity contribution in [1.29, 1.82) is 0 Å². The van der Waals surface area contributed by atoms with Gasteiger partial charge in [0, 0.05) is 24.7 Å². The molecule has 1 aliphatic rings. The topological polar surface area (TPSA) is 23.6 Å². The lowest BCUT2D eigenvalue weighted by atomic mass is 10.1. The molecule has 1 amide bonds. The molecule has 0 N–H and O–H groups in total. The fraction of sp³-hybridized carbons (Fsp3) is 0.533. The van der Waals surface area contributed by atoms with E-state index in [2.05, 4.69) is 19.0 Å². The quantitative estimate of drug-likeness (QED) is 0.822. The number of benzene rings is 1. The molecule has 0 spiro atoms. The minimum Gasteiger partial charge on any atom is -0.337 e. The summed E-state index contributed by atoms with van der Waals surface area (Å²) in [5.41, 5.74) is 0.589. The van der Waals surface area contributed by atoms with E-state index in [1.807, 2.05) is 11.9 Å². The van der Waals surface area contributed by atoms with Gasteiger partial charge in [0.1, 0.15) is 0 Å². The first-order chi connectivity index (χ1) is 9.41. The zero-order chi connectivity index (χ0) is 14.9. The first-order valence-electron chi connectivity index (χ1n) is 6.80. The Morgan fingerprint density at radius 3 is 2.29 bits per heavy atom. The van der Waals surface area contributed by atoms with E-state index in [0.717, 1.165) is 19.3 Å². The van der Waals surface area contributed by atoms with Gasteiger partial charge < -0.3 is 9.80 Å². The number of halogens is 3. The highest BCUT2D eigenvalue weighted by molar-refractivity contribution is 6.42. The molecular formula is C15H21Cl3N2O. The predicted molar refractivity (Wildman–Crippen MR) is 90.9 cm³/mol. The van der Waals surface area contributed by atoms with Gasteiger partial charge in [-0.2, -0.15) is 0 Å². The predicted octanol–water partition coefficient (Wildman–Crippen LogP) is 3.97. The number of hydrogen-bond donors (Lipinski definition) is 0. The van der Waals surface area contributed by atoms with Gasteiger partial charge in [-0.25, -0.2) is 0 Å². The van der Waals surface area contributed by atoms with Crippen LogP contribution in [-0.2, 0) is 0 Å². The summed E-state index contributed by atoms with van der Waals surface area (Å²) < 4.78 is 0. The van der Waals surface area contributed by atoms with Crippen molar-refractivity contribution < 1.29 is 4.79 Å². The van der Waals surface area contributed by atoms with Gasteiger partial charge in [-0.05, 0) is 51.6 Å². The summed E-state index contributed by atoms with van der Waals surface area (Å²) in [6.07, 6.45) is 3.34. The number of carbonyl (C=O) groups is 1. The Bertz CT molecular complexity index is 508. The van der Waals surface area contributed by atoms with Crippen molar-refractivity contribution >= 4 is 41.5 Å². The Balaban J connectivity index is 0.00000220. The Labute approximate surface area is 142 Å². The van der Waals surface area contributed by atoms with Gasteiger partial charge in [0.2, 0.25) is 0 Å². The van der Waals surface area contributed by atoms with Gasteiger partial charge in [-0.15, -0.1) is 12.4 Å². The molecule has 2 rings (SSSR count). The second kappa shape index (κ2) is 7.68. The summed E-state index contributed by atoms with van der Waals surface area (Å²) in [6.45, 7) is 0. The van der Waals surface area contributed by atoms with E-state index in [0.29, 0.717) is 21.7 Å². The van der Waals surface area contributed by atoms with Crippen LogP contribution in [0.3, 0.4) is 0 Å². The zero-order valence-electron chi connectivity index (χ0n) is 12.5.